The second-order valence-electron chi connectivity index (χ2n) is 7.38. The van der Waals surface area contributed by atoms with E-state index in [1.165, 1.54) is 18.6 Å². The molecule has 30 heavy (non-hydrogen) atoms. The Morgan fingerprint density at radius 1 is 1.13 bits per heavy atom. The number of hydrogen-bond donors (Lipinski definition) is 1. The molecule has 7 heteroatoms. The van der Waals surface area contributed by atoms with Gasteiger partial charge in [0.15, 0.2) is 11.7 Å². The summed E-state index contributed by atoms with van der Waals surface area (Å²) in [7, 11) is 0. The number of amides is 1. The van der Waals surface area contributed by atoms with E-state index in [4.69, 9.17) is 16.0 Å². The fourth-order valence-corrected chi connectivity index (χ4v) is 3.75. The topological polar surface area (TPSA) is 58.4 Å². The summed E-state index contributed by atoms with van der Waals surface area (Å²) >= 11 is 5.91. The van der Waals surface area contributed by atoms with E-state index < -0.39 is 0 Å². The van der Waals surface area contributed by atoms with Crippen molar-refractivity contribution in [3.63, 3.8) is 0 Å². The minimum absolute atomic E-state index is 0.191. The summed E-state index contributed by atoms with van der Waals surface area (Å²) in [5.74, 6) is 0.529. The van der Waals surface area contributed by atoms with Gasteiger partial charge in [0, 0.05) is 36.5 Å². The molecule has 4 rings (SSSR count). The van der Waals surface area contributed by atoms with Crippen molar-refractivity contribution in [2.24, 2.45) is 0 Å². The SMILES string of the molecule is O=C(CCc1ncc(-c2ccc(Cl)cc2)o1)Nc1cc(F)ccc1N1CCCCC1. The van der Waals surface area contributed by atoms with Crippen LogP contribution in [0.3, 0.4) is 0 Å². The number of nitrogens with one attached hydrogen (secondary N) is 1. The Balaban J connectivity index is 1.38. The van der Waals surface area contributed by atoms with Gasteiger partial charge in [-0.05, 0) is 61.7 Å². The minimum atomic E-state index is -0.369. The van der Waals surface area contributed by atoms with Crippen molar-refractivity contribution in [3.05, 3.63) is 65.4 Å². The summed E-state index contributed by atoms with van der Waals surface area (Å²) in [6.07, 6.45) is 5.59. The van der Waals surface area contributed by atoms with E-state index in [9.17, 15) is 9.18 Å². The maximum Gasteiger partial charge on any atom is 0.224 e. The van der Waals surface area contributed by atoms with Crippen LogP contribution in [0.4, 0.5) is 15.8 Å². The van der Waals surface area contributed by atoms with E-state index in [1.54, 1.807) is 24.4 Å². The second-order valence-corrected chi connectivity index (χ2v) is 7.82. The van der Waals surface area contributed by atoms with Crippen LogP contribution in [-0.4, -0.2) is 24.0 Å². The van der Waals surface area contributed by atoms with E-state index in [-0.39, 0.29) is 18.1 Å². The Bertz CT molecular complexity index is 1010. The smallest absolute Gasteiger partial charge is 0.224 e. The van der Waals surface area contributed by atoms with Gasteiger partial charge in [0.25, 0.3) is 0 Å². The van der Waals surface area contributed by atoms with Crippen molar-refractivity contribution in [2.75, 3.05) is 23.3 Å². The van der Waals surface area contributed by atoms with Crippen LogP contribution in [0.15, 0.2) is 53.1 Å². The van der Waals surface area contributed by atoms with Crippen LogP contribution in [0, 0.1) is 5.82 Å². The molecule has 1 aliphatic rings. The zero-order valence-corrected chi connectivity index (χ0v) is 17.3. The van der Waals surface area contributed by atoms with Crippen molar-refractivity contribution in [2.45, 2.75) is 32.1 Å². The fourth-order valence-electron chi connectivity index (χ4n) is 3.63. The lowest BCUT2D eigenvalue weighted by atomic mass is 10.1. The third kappa shape index (κ3) is 5.00. The summed E-state index contributed by atoms with van der Waals surface area (Å²) in [6.45, 7) is 1.83. The highest BCUT2D eigenvalue weighted by atomic mass is 35.5. The van der Waals surface area contributed by atoms with Crippen molar-refractivity contribution < 1.29 is 13.6 Å². The molecule has 156 valence electrons. The number of nitrogens with zero attached hydrogens (tertiary/aromatic N) is 2. The Kier molecular flexibility index (Phi) is 6.33. The molecule has 5 nitrogen and oxygen atoms in total. The van der Waals surface area contributed by atoms with E-state index >= 15 is 0 Å². The molecule has 1 fully saturated rings. The molecule has 1 amide bonds. The molecule has 1 saturated heterocycles. The van der Waals surface area contributed by atoms with Crippen LogP contribution in [-0.2, 0) is 11.2 Å². The van der Waals surface area contributed by atoms with Crippen molar-refractivity contribution in [1.82, 2.24) is 4.98 Å². The maximum atomic E-state index is 13.8. The van der Waals surface area contributed by atoms with Gasteiger partial charge in [0.1, 0.15) is 5.82 Å². The van der Waals surface area contributed by atoms with Crippen LogP contribution in [0.2, 0.25) is 5.02 Å². The molecule has 1 N–H and O–H groups in total. The molecule has 1 aliphatic heterocycles. The number of benzene rings is 2. The first kappa shape index (κ1) is 20.4. The Hall–Kier alpha value is -2.86. The van der Waals surface area contributed by atoms with Crippen molar-refractivity contribution in [1.29, 1.82) is 0 Å². The van der Waals surface area contributed by atoms with Gasteiger partial charge in [-0.2, -0.15) is 0 Å². The first-order valence-electron chi connectivity index (χ1n) is 10.1. The number of hydrogen-bond acceptors (Lipinski definition) is 4. The van der Waals surface area contributed by atoms with Crippen LogP contribution in [0.1, 0.15) is 31.6 Å². The number of halogens is 2. The van der Waals surface area contributed by atoms with Crippen LogP contribution < -0.4 is 10.2 Å². The summed E-state index contributed by atoms with van der Waals surface area (Å²) in [5.41, 5.74) is 2.25. The molecule has 0 radical (unpaired) electrons. The van der Waals surface area contributed by atoms with E-state index in [2.05, 4.69) is 15.2 Å². The Labute approximate surface area is 179 Å². The van der Waals surface area contributed by atoms with Crippen molar-refractivity contribution >= 4 is 28.9 Å². The molecule has 0 aliphatic carbocycles. The average molecular weight is 428 g/mol. The van der Waals surface area contributed by atoms with Gasteiger partial charge < -0.3 is 14.6 Å². The van der Waals surface area contributed by atoms with Gasteiger partial charge in [-0.3, -0.25) is 4.79 Å². The predicted molar refractivity (Wildman–Crippen MR) is 116 cm³/mol. The Morgan fingerprint density at radius 3 is 2.67 bits per heavy atom. The zero-order chi connectivity index (χ0) is 20.9. The molecule has 2 heterocycles. The number of aryl methyl sites for hydroxylation is 1. The third-order valence-corrected chi connectivity index (χ3v) is 5.43. The third-order valence-electron chi connectivity index (χ3n) is 5.18. The summed E-state index contributed by atoms with van der Waals surface area (Å²) in [5, 5.41) is 3.51. The molecular weight excluding hydrogens is 405 g/mol. The highest BCUT2D eigenvalue weighted by Gasteiger charge is 2.17. The van der Waals surface area contributed by atoms with E-state index in [1.807, 2.05) is 12.1 Å². The molecule has 0 unspecified atom stereocenters. The first-order chi connectivity index (χ1) is 14.6. The van der Waals surface area contributed by atoms with Gasteiger partial charge in [-0.1, -0.05) is 11.6 Å². The monoisotopic (exact) mass is 427 g/mol. The van der Waals surface area contributed by atoms with Crippen LogP contribution >= 0.6 is 11.6 Å². The standard InChI is InChI=1S/C23H23ClFN3O2/c24-17-6-4-16(5-7-17)21-15-26-23(30-21)11-10-22(29)27-19-14-18(25)8-9-20(19)28-12-2-1-3-13-28/h4-9,14-15H,1-3,10-13H2,(H,27,29). The summed E-state index contributed by atoms with van der Waals surface area (Å²) in [6, 6.07) is 11.8. The minimum Gasteiger partial charge on any atom is -0.441 e. The molecule has 2 aromatic carbocycles. The van der Waals surface area contributed by atoms with Gasteiger partial charge in [-0.25, -0.2) is 9.37 Å². The van der Waals surface area contributed by atoms with Gasteiger partial charge in [-0.15, -0.1) is 0 Å². The average Bonchev–Trinajstić information content (AvgIpc) is 3.23. The number of aromatic nitrogens is 1. The number of oxazole rings is 1. The highest BCUT2D eigenvalue weighted by Crippen LogP contribution is 2.29. The normalized spacial score (nSPS) is 14.0. The number of anilines is 2. The number of rotatable bonds is 6. The van der Waals surface area contributed by atoms with Crippen LogP contribution in [0.25, 0.3) is 11.3 Å². The van der Waals surface area contributed by atoms with Gasteiger partial charge in [0.05, 0.1) is 17.6 Å². The largest absolute Gasteiger partial charge is 0.441 e. The molecule has 1 aromatic heterocycles. The fraction of sp³-hybridized carbons (Fsp3) is 0.304. The zero-order valence-electron chi connectivity index (χ0n) is 16.5. The molecule has 0 spiro atoms. The number of carbonyl (C=O) groups excluding carboxylic acids is 1. The molecule has 0 bridgehead atoms. The molecule has 3 aromatic rings. The summed E-state index contributed by atoms with van der Waals surface area (Å²) in [4.78, 5) is 19.0. The molecule has 0 atom stereocenters. The van der Waals surface area contributed by atoms with Crippen molar-refractivity contribution in [3.8, 4) is 11.3 Å². The maximum absolute atomic E-state index is 13.8. The number of carbonyl (C=O) groups is 1. The van der Waals surface area contributed by atoms with Gasteiger partial charge >= 0.3 is 0 Å². The lowest BCUT2D eigenvalue weighted by Crippen LogP contribution is -2.30. The predicted octanol–water partition coefficient (Wildman–Crippen LogP) is 5.70. The lowest BCUT2D eigenvalue weighted by molar-refractivity contribution is -0.116. The summed E-state index contributed by atoms with van der Waals surface area (Å²) < 4.78 is 19.5. The lowest BCUT2D eigenvalue weighted by Gasteiger charge is -2.30. The first-order valence-corrected chi connectivity index (χ1v) is 10.5. The quantitative estimate of drug-likeness (QED) is 0.548. The van der Waals surface area contributed by atoms with Gasteiger partial charge in [0.2, 0.25) is 5.91 Å². The van der Waals surface area contributed by atoms with E-state index in [0.29, 0.717) is 28.8 Å². The second kappa shape index (κ2) is 9.30. The number of piperidine rings is 1. The highest BCUT2D eigenvalue weighted by molar-refractivity contribution is 6.30. The molecule has 0 saturated carbocycles. The van der Waals surface area contributed by atoms with Crippen LogP contribution in [0.5, 0.6) is 0 Å². The molecular formula is C23H23ClFN3O2. The Morgan fingerprint density at radius 2 is 1.90 bits per heavy atom. The van der Waals surface area contributed by atoms with E-state index in [0.717, 1.165) is 37.2 Å².